The van der Waals surface area contributed by atoms with Crippen molar-refractivity contribution in [3.05, 3.63) is 30.3 Å². The van der Waals surface area contributed by atoms with Crippen LogP contribution in [0.15, 0.2) is 35.2 Å². The molecule has 0 saturated carbocycles. The van der Waals surface area contributed by atoms with Gasteiger partial charge in [-0.05, 0) is 12.1 Å². The van der Waals surface area contributed by atoms with Gasteiger partial charge in [0.05, 0.1) is 10.6 Å². The van der Waals surface area contributed by atoms with Crippen LogP contribution in [-0.2, 0) is 14.8 Å². The minimum absolute atomic E-state index is 0.0163. The van der Waals surface area contributed by atoms with Crippen molar-refractivity contribution in [2.24, 2.45) is 5.73 Å². The number of primary amides is 1. The molecule has 2 amide bonds. The molecule has 1 aromatic carbocycles. The number of hydrogen-bond acceptors (Lipinski definition) is 5. The molecule has 1 aromatic rings. The molecule has 3 N–H and O–H groups in total. The summed E-state index contributed by atoms with van der Waals surface area (Å²) in [7, 11) is -3.87. The van der Waals surface area contributed by atoms with Gasteiger partial charge in [-0.1, -0.05) is 30.0 Å². The average Bonchev–Trinajstić information content (AvgIpc) is 2.27. The molecule has 0 unspecified atom stereocenters. The van der Waals surface area contributed by atoms with E-state index in [1.165, 1.54) is 24.3 Å². The Morgan fingerprint density at radius 3 is 2.35 bits per heavy atom. The fourth-order valence-electron chi connectivity index (χ4n) is 0.975. The summed E-state index contributed by atoms with van der Waals surface area (Å²) in [6.45, 7) is 0. The van der Waals surface area contributed by atoms with E-state index in [0.29, 0.717) is 11.8 Å². The number of amides is 2. The van der Waals surface area contributed by atoms with Gasteiger partial charge in [0, 0.05) is 0 Å². The Morgan fingerprint density at radius 1 is 1.24 bits per heavy atom. The quantitative estimate of drug-likeness (QED) is 0.821. The topological polar surface area (TPSA) is 106 Å². The van der Waals surface area contributed by atoms with Gasteiger partial charge in [-0.3, -0.25) is 9.59 Å². The number of hydrogen-bond donors (Lipinski definition) is 2. The van der Waals surface area contributed by atoms with Gasteiger partial charge >= 0.3 is 0 Å². The second-order valence-electron chi connectivity index (χ2n) is 2.95. The summed E-state index contributed by atoms with van der Waals surface area (Å²) < 4.78 is 25.1. The predicted octanol–water partition coefficient (Wildman–Crippen LogP) is 0.303. The minimum Gasteiger partial charge on any atom is -0.361 e. The highest BCUT2D eigenvalue weighted by molar-refractivity contribution is 8.14. The van der Waals surface area contributed by atoms with E-state index in [-0.39, 0.29) is 10.6 Å². The Balaban J connectivity index is 2.68. The molecule has 0 radical (unpaired) electrons. The Kier molecular flexibility index (Phi) is 4.53. The van der Waals surface area contributed by atoms with Crippen molar-refractivity contribution in [2.75, 3.05) is 5.75 Å². The van der Waals surface area contributed by atoms with E-state index in [1.807, 2.05) is 4.72 Å². The number of sulfonamides is 1. The van der Waals surface area contributed by atoms with Crippen LogP contribution >= 0.6 is 11.8 Å². The molecule has 0 bridgehead atoms. The predicted molar refractivity (Wildman–Crippen MR) is 63.8 cm³/mol. The molecule has 0 spiro atoms. The number of nitrogens with two attached hydrogens (primary N) is 1. The first kappa shape index (κ1) is 13.5. The van der Waals surface area contributed by atoms with Crippen LogP contribution in [0.1, 0.15) is 0 Å². The van der Waals surface area contributed by atoms with E-state index >= 15 is 0 Å². The van der Waals surface area contributed by atoms with E-state index in [4.69, 9.17) is 5.73 Å². The zero-order valence-corrected chi connectivity index (χ0v) is 10.3. The van der Waals surface area contributed by atoms with Gasteiger partial charge in [-0.15, -0.1) is 0 Å². The first-order valence-corrected chi connectivity index (χ1v) is 6.91. The van der Waals surface area contributed by atoms with E-state index in [1.54, 1.807) is 6.07 Å². The van der Waals surface area contributed by atoms with Crippen molar-refractivity contribution in [3.8, 4) is 0 Å². The molecule has 0 heterocycles. The molecule has 1 rings (SSSR count). The normalized spacial score (nSPS) is 10.8. The highest BCUT2D eigenvalue weighted by Gasteiger charge is 2.17. The maximum absolute atomic E-state index is 11.6. The Bertz CT molecular complexity index is 513. The molecule has 17 heavy (non-hydrogen) atoms. The lowest BCUT2D eigenvalue weighted by molar-refractivity contribution is -0.116. The zero-order chi connectivity index (χ0) is 12.9. The smallest absolute Gasteiger partial charge is 0.276 e. The summed E-state index contributed by atoms with van der Waals surface area (Å²) >= 11 is 0.538. The second-order valence-corrected chi connectivity index (χ2v) is 5.61. The maximum atomic E-state index is 11.6. The van der Waals surface area contributed by atoms with E-state index in [2.05, 4.69) is 0 Å². The summed E-state index contributed by atoms with van der Waals surface area (Å²) in [4.78, 5) is 21.6. The van der Waals surface area contributed by atoms with Crippen molar-refractivity contribution in [1.82, 2.24) is 4.72 Å². The van der Waals surface area contributed by atoms with Gasteiger partial charge < -0.3 is 5.73 Å². The monoisotopic (exact) mass is 274 g/mol. The van der Waals surface area contributed by atoms with Crippen molar-refractivity contribution in [2.45, 2.75) is 4.90 Å². The SMILES string of the molecule is NC(=O)SCC(=O)NS(=O)(=O)c1ccccc1. The molecule has 8 heteroatoms. The average molecular weight is 274 g/mol. The van der Waals surface area contributed by atoms with Gasteiger partial charge in [0.15, 0.2) is 0 Å². The molecule has 6 nitrogen and oxygen atoms in total. The third-order valence-electron chi connectivity index (χ3n) is 1.65. The number of carbonyl (C=O) groups is 2. The molecule has 0 aliphatic heterocycles. The molecule has 0 aliphatic rings. The van der Waals surface area contributed by atoms with Crippen LogP contribution in [-0.4, -0.2) is 25.3 Å². The number of carbonyl (C=O) groups excluding carboxylic acids is 2. The van der Waals surface area contributed by atoms with Crippen LogP contribution in [0, 0.1) is 0 Å². The van der Waals surface area contributed by atoms with Gasteiger partial charge in [0.2, 0.25) is 5.91 Å². The minimum atomic E-state index is -3.87. The zero-order valence-electron chi connectivity index (χ0n) is 8.62. The molecule has 0 saturated heterocycles. The fraction of sp³-hybridized carbons (Fsp3) is 0.111. The first-order valence-electron chi connectivity index (χ1n) is 4.45. The second kappa shape index (κ2) is 5.69. The lowest BCUT2D eigenvalue weighted by Gasteiger charge is -2.05. The third kappa shape index (κ3) is 4.45. The van der Waals surface area contributed by atoms with Crippen LogP contribution in [0.5, 0.6) is 0 Å². The molecule has 0 atom stereocenters. The van der Waals surface area contributed by atoms with Crippen molar-refractivity contribution < 1.29 is 18.0 Å². The summed E-state index contributed by atoms with van der Waals surface area (Å²) in [5.74, 6) is -1.13. The number of thioether (sulfide) groups is 1. The van der Waals surface area contributed by atoms with Crippen LogP contribution in [0.3, 0.4) is 0 Å². The molecular formula is C9H10N2O4S2. The Morgan fingerprint density at radius 2 is 1.82 bits per heavy atom. The van der Waals surface area contributed by atoms with Gasteiger partial charge in [-0.2, -0.15) is 0 Å². The Labute approximate surface area is 103 Å². The van der Waals surface area contributed by atoms with E-state index in [9.17, 15) is 18.0 Å². The molecule has 92 valence electrons. The standard InChI is InChI=1S/C9H10N2O4S2/c10-9(13)16-6-8(12)11-17(14,15)7-4-2-1-3-5-7/h1-5H,6H2,(H2,10,13)(H,11,12). The molecular weight excluding hydrogens is 264 g/mol. The first-order chi connectivity index (χ1) is 7.92. The van der Waals surface area contributed by atoms with Crippen LogP contribution in [0.25, 0.3) is 0 Å². The van der Waals surface area contributed by atoms with Crippen LogP contribution in [0.4, 0.5) is 4.79 Å². The van der Waals surface area contributed by atoms with Gasteiger partial charge in [-0.25, -0.2) is 13.1 Å². The third-order valence-corrected chi connectivity index (χ3v) is 3.73. The number of benzene rings is 1. The van der Waals surface area contributed by atoms with E-state index in [0.717, 1.165) is 0 Å². The van der Waals surface area contributed by atoms with Crippen molar-refractivity contribution in [3.63, 3.8) is 0 Å². The summed E-state index contributed by atoms with van der Waals surface area (Å²) in [5.41, 5.74) is 4.81. The lowest BCUT2D eigenvalue weighted by Crippen LogP contribution is -2.32. The molecule has 0 aromatic heterocycles. The van der Waals surface area contributed by atoms with Crippen LogP contribution in [0.2, 0.25) is 0 Å². The molecule has 0 fully saturated rings. The summed E-state index contributed by atoms with van der Waals surface area (Å²) in [5, 5.41) is -0.739. The summed E-state index contributed by atoms with van der Waals surface area (Å²) in [6, 6.07) is 7.45. The van der Waals surface area contributed by atoms with Gasteiger partial charge in [0.25, 0.3) is 15.3 Å². The van der Waals surface area contributed by atoms with Crippen molar-refractivity contribution in [1.29, 1.82) is 0 Å². The Hall–Kier alpha value is -1.54. The summed E-state index contributed by atoms with van der Waals surface area (Å²) in [6.07, 6.45) is 0. The van der Waals surface area contributed by atoms with E-state index < -0.39 is 21.2 Å². The van der Waals surface area contributed by atoms with Crippen LogP contribution < -0.4 is 10.5 Å². The highest BCUT2D eigenvalue weighted by Crippen LogP contribution is 2.07. The maximum Gasteiger partial charge on any atom is 0.276 e. The van der Waals surface area contributed by atoms with Gasteiger partial charge in [0.1, 0.15) is 0 Å². The number of rotatable bonds is 4. The molecule has 0 aliphatic carbocycles. The lowest BCUT2D eigenvalue weighted by atomic mass is 10.4. The number of nitrogens with one attached hydrogen (secondary N) is 1. The largest absolute Gasteiger partial charge is 0.361 e. The highest BCUT2D eigenvalue weighted by atomic mass is 32.2. The van der Waals surface area contributed by atoms with Crippen molar-refractivity contribution >= 4 is 32.9 Å². The fourth-order valence-corrected chi connectivity index (χ4v) is 2.42.